The number of benzene rings is 3. The zero-order valence-corrected chi connectivity index (χ0v) is 16.7. The normalized spacial score (nSPS) is 10.7. The van der Waals surface area contributed by atoms with Crippen LogP contribution in [0.4, 0.5) is 11.4 Å². The van der Waals surface area contributed by atoms with Gasteiger partial charge in [-0.2, -0.15) is 0 Å². The van der Waals surface area contributed by atoms with Gasteiger partial charge in [0.15, 0.2) is 0 Å². The summed E-state index contributed by atoms with van der Waals surface area (Å²) in [6.45, 7) is 4.49. The summed E-state index contributed by atoms with van der Waals surface area (Å²) in [6, 6.07) is 26.4. The Bertz CT molecular complexity index is 836. The molecule has 0 aliphatic carbocycles. The van der Waals surface area contributed by atoms with Crippen LogP contribution in [0.15, 0.2) is 72.8 Å². The van der Waals surface area contributed by atoms with Crippen LogP contribution in [-0.2, 0) is 12.8 Å². The number of nitrogens with one attached hydrogen (secondary N) is 1. The van der Waals surface area contributed by atoms with Gasteiger partial charge in [-0.05, 0) is 66.6 Å². The lowest BCUT2D eigenvalue weighted by Crippen LogP contribution is -1.96. The van der Waals surface area contributed by atoms with Crippen molar-refractivity contribution in [1.82, 2.24) is 0 Å². The predicted octanol–water partition coefficient (Wildman–Crippen LogP) is 7.78. The van der Waals surface area contributed by atoms with E-state index in [2.05, 4.69) is 92.0 Å². The van der Waals surface area contributed by atoms with Gasteiger partial charge in [0.2, 0.25) is 0 Å². The fourth-order valence-electron chi connectivity index (χ4n) is 3.43. The minimum absolute atomic E-state index is 1.14. The molecule has 140 valence electrons. The van der Waals surface area contributed by atoms with Gasteiger partial charge in [-0.15, -0.1) is 0 Å². The lowest BCUT2D eigenvalue weighted by Gasteiger charge is -2.15. The number of rotatable bonds is 9. The fraction of sp³-hybridized carbons (Fsp3) is 0.308. The molecule has 0 aromatic heterocycles. The quantitative estimate of drug-likeness (QED) is 0.412. The van der Waals surface area contributed by atoms with Gasteiger partial charge in [-0.3, -0.25) is 0 Å². The van der Waals surface area contributed by atoms with Crippen LogP contribution in [0, 0.1) is 0 Å². The Morgan fingerprint density at radius 2 is 1.37 bits per heavy atom. The molecule has 0 saturated heterocycles. The molecule has 0 amide bonds. The van der Waals surface area contributed by atoms with E-state index in [0.29, 0.717) is 0 Å². The molecule has 0 saturated carbocycles. The van der Waals surface area contributed by atoms with Crippen LogP contribution in [0.5, 0.6) is 0 Å². The van der Waals surface area contributed by atoms with E-state index in [0.717, 1.165) is 12.8 Å². The van der Waals surface area contributed by atoms with Gasteiger partial charge in [0, 0.05) is 16.9 Å². The van der Waals surface area contributed by atoms with E-state index in [1.54, 1.807) is 0 Å². The molecular weight excluding hydrogens is 326 g/mol. The number of hydrogen-bond acceptors (Lipinski definition) is 1. The van der Waals surface area contributed by atoms with Crippen molar-refractivity contribution >= 4 is 11.4 Å². The maximum absolute atomic E-state index is 3.67. The summed E-state index contributed by atoms with van der Waals surface area (Å²) in [5.74, 6) is 0. The molecule has 0 atom stereocenters. The van der Waals surface area contributed by atoms with Crippen molar-refractivity contribution < 1.29 is 0 Å². The van der Waals surface area contributed by atoms with Gasteiger partial charge in [0.05, 0.1) is 0 Å². The molecule has 0 radical (unpaired) electrons. The van der Waals surface area contributed by atoms with Gasteiger partial charge in [-0.1, -0.05) is 75.2 Å². The van der Waals surface area contributed by atoms with Crippen molar-refractivity contribution in [2.45, 2.75) is 52.4 Å². The number of hydrogen-bond donors (Lipinski definition) is 1. The van der Waals surface area contributed by atoms with Crippen molar-refractivity contribution in [3.8, 4) is 11.1 Å². The van der Waals surface area contributed by atoms with Gasteiger partial charge in [0.25, 0.3) is 0 Å². The van der Waals surface area contributed by atoms with Crippen LogP contribution >= 0.6 is 0 Å². The van der Waals surface area contributed by atoms with Crippen LogP contribution in [0.2, 0.25) is 0 Å². The summed E-state index contributed by atoms with van der Waals surface area (Å²) >= 11 is 0. The molecule has 0 fully saturated rings. The second kappa shape index (κ2) is 9.97. The highest BCUT2D eigenvalue weighted by molar-refractivity contribution is 5.81. The highest BCUT2D eigenvalue weighted by atomic mass is 14.9. The first-order chi connectivity index (χ1) is 13.3. The SMILES string of the molecule is CCCCc1cccc(Nc2ccc(CCCC)cc2-c2ccccc2)c1. The Balaban J connectivity index is 1.90. The summed E-state index contributed by atoms with van der Waals surface area (Å²) in [5.41, 5.74) is 7.71. The molecular formula is C26H31N. The third-order valence-corrected chi connectivity index (χ3v) is 5.01. The standard InChI is InChI=1S/C26H31N/c1-3-5-11-21-13-10-16-24(19-21)27-26-18-17-22(12-6-4-2)20-25(26)23-14-8-7-9-15-23/h7-10,13-20,27H,3-6,11-12H2,1-2H3. The average Bonchev–Trinajstić information content (AvgIpc) is 2.72. The Labute approximate surface area is 164 Å². The summed E-state index contributed by atoms with van der Waals surface area (Å²) in [7, 11) is 0. The lowest BCUT2D eigenvalue weighted by atomic mass is 9.98. The van der Waals surface area contributed by atoms with Crippen molar-refractivity contribution in [2.24, 2.45) is 0 Å². The van der Waals surface area contributed by atoms with Crippen LogP contribution in [-0.4, -0.2) is 0 Å². The Hall–Kier alpha value is -2.54. The Kier molecular flexibility index (Phi) is 7.10. The highest BCUT2D eigenvalue weighted by Gasteiger charge is 2.08. The zero-order valence-electron chi connectivity index (χ0n) is 16.7. The number of unbranched alkanes of at least 4 members (excludes halogenated alkanes) is 2. The molecule has 27 heavy (non-hydrogen) atoms. The Morgan fingerprint density at radius 3 is 2.07 bits per heavy atom. The van der Waals surface area contributed by atoms with Gasteiger partial charge in [-0.25, -0.2) is 0 Å². The molecule has 0 heterocycles. The molecule has 0 bridgehead atoms. The van der Waals surface area contributed by atoms with E-state index < -0.39 is 0 Å². The largest absolute Gasteiger partial charge is 0.355 e. The number of aryl methyl sites for hydroxylation is 2. The molecule has 1 heteroatoms. The van der Waals surface area contributed by atoms with Gasteiger partial charge < -0.3 is 5.32 Å². The summed E-state index contributed by atoms with van der Waals surface area (Å²) in [5, 5.41) is 3.67. The first-order valence-electron chi connectivity index (χ1n) is 10.3. The van der Waals surface area contributed by atoms with E-state index in [1.165, 1.54) is 59.3 Å². The molecule has 0 spiro atoms. The van der Waals surface area contributed by atoms with Crippen molar-refractivity contribution in [3.63, 3.8) is 0 Å². The molecule has 3 rings (SSSR count). The molecule has 0 unspecified atom stereocenters. The average molecular weight is 358 g/mol. The molecule has 1 N–H and O–H groups in total. The van der Waals surface area contributed by atoms with Gasteiger partial charge in [0.1, 0.15) is 0 Å². The molecule has 3 aromatic rings. The van der Waals surface area contributed by atoms with Crippen molar-refractivity contribution in [3.05, 3.63) is 83.9 Å². The first kappa shape index (κ1) is 19.2. The van der Waals surface area contributed by atoms with E-state index in [-0.39, 0.29) is 0 Å². The van der Waals surface area contributed by atoms with E-state index >= 15 is 0 Å². The molecule has 0 aliphatic heterocycles. The fourth-order valence-corrected chi connectivity index (χ4v) is 3.43. The second-order valence-electron chi connectivity index (χ2n) is 7.28. The zero-order chi connectivity index (χ0) is 18.9. The van der Waals surface area contributed by atoms with E-state index in [1.807, 2.05) is 0 Å². The summed E-state index contributed by atoms with van der Waals surface area (Å²) in [6.07, 6.45) is 7.22. The molecule has 0 aliphatic rings. The minimum atomic E-state index is 1.14. The lowest BCUT2D eigenvalue weighted by molar-refractivity contribution is 0.795. The van der Waals surface area contributed by atoms with Crippen molar-refractivity contribution in [2.75, 3.05) is 5.32 Å². The molecule has 1 nitrogen and oxygen atoms in total. The highest BCUT2D eigenvalue weighted by Crippen LogP contribution is 2.32. The topological polar surface area (TPSA) is 12.0 Å². The van der Waals surface area contributed by atoms with Crippen LogP contribution < -0.4 is 5.32 Å². The van der Waals surface area contributed by atoms with Crippen LogP contribution in [0.1, 0.15) is 50.7 Å². The smallest absolute Gasteiger partial charge is 0.0464 e. The third kappa shape index (κ3) is 5.47. The monoisotopic (exact) mass is 357 g/mol. The van der Waals surface area contributed by atoms with Crippen LogP contribution in [0.25, 0.3) is 11.1 Å². The number of anilines is 2. The first-order valence-corrected chi connectivity index (χ1v) is 10.3. The summed E-state index contributed by atoms with van der Waals surface area (Å²) in [4.78, 5) is 0. The molecule has 3 aromatic carbocycles. The van der Waals surface area contributed by atoms with Crippen LogP contribution in [0.3, 0.4) is 0 Å². The van der Waals surface area contributed by atoms with E-state index in [4.69, 9.17) is 0 Å². The maximum atomic E-state index is 3.67. The van der Waals surface area contributed by atoms with Gasteiger partial charge >= 0.3 is 0 Å². The van der Waals surface area contributed by atoms with E-state index in [9.17, 15) is 0 Å². The third-order valence-electron chi connectivity index (χ3n) is 5.01. The summed E-state index contributed by atoms with van der Waals surface area (Å²) < 4.78 is 0. The maximum Gasteiger partial charge on any atom is 0.0464 e. The minimum Gasteiger partial charge on any atom is -0.355 e. The Morgan fingerprint density at radius 1 is 0.667 bits per heavy atom. The second-order valence-corrected chi connectivity index (χ2v) is 7.28. The predicted molar refractivity (Wildman–Crippen MR) is 119 cm³/mol. The van der Waals surface area contributed by atoms with Crippen molar-refractivity contribution in [1.29, 1.82) is 0 Å².